The number of fused-ring (bicyclic) bond motifs is 1. The Morgan fingerprint density at radius 2 is 2.44 bits per heavy atom. The molecule has 3 rings (SSSR count). The van der Waals surface area contributed by atoms with Crippen molar-refractivity contribution >= 4 is 5.69 Å². The van der Waals surface area contributed by atoms with Gasteiger partial charge in [0.2, 0.25) is 0 Å². The standard InChI is InChI=1S/C12H14N4/c1-16-8-10(7-14-16)15-11-5-4-9-3-2-6-13-12(9)11/h2-3,6-8,11,15H,4-5H2,1H3. The lowest BCUT2D eigenvalue weighted by molar-refractivity contribution is 0.744. The van der Waals surface area contributed by atoms with Crippen molar-refractivity contribution in [3.05, 3.63) is 42.0 Å². The van der Waals surface area contributed by atoms with E-state index in [2.05, 4.69) is 21.5 Å². The van der Waals surface area contributed by atoms with Gasteiger partial charge in [-0.1, -0.05) is 6.07 Å². The lowest BCUT2D eigenvalue weighted by atomic mass is 10.2. The molecule has 0 amide bonds. The number of pyridine rings is 1. The van der Waals surface area contributed by atoms with Crippen LogP contribution in [0.2, 0.25) is 0 Å². The molecule has 1 aliphatic carbocycles. The Balaban J connectivity index is 1.83. The molecule has 4 heteroatoms. The third-order valence-corrected chi connectivity index (χ3v) is 3.00. The first-order valence-electron chi connectivity index (χ1n) is 5.52. The summed E-state index contributed by atoms with van der Waals surface area (Å²) in [5.41, 5.74) is 3.61. The minimum Gasteiger partial charge on any atom is -0.374 e. The van der Waals surface area contributed by atoms with Crippen LogP contribution in [-0.2, 0) is 13.5 Å². The first kappa shape index (κ1) is 9.39. The summed E-state index contributed by atoms with van der Waals surface area (Å²) in [5, 5.41) is 7.62. The number of nitrogens with one attached hydrogen (secondary N) is 1. The maximum atomic E-state index is 4.45. The van der Waals surface area contributed by atoms with Gasteiger partial charge in [-0.05, 0) is 24.5 Å². The van der Waals surface area contributed by atoms with Gasteiger partial charge in [-0.3, -0.25) is 9.67 Å². The van der Waals surface area contributed by atoms with Gasteiger partial charge in [0.25, 0.3) is 0 Å². The first-order valence-corrected chi connectivity index (χ1v) is 5.52. The summed E-state index contributed by atoms with van der Waals surface area (Å²) < 4.78 is 1.80. The van der Waals surface area contributed by atoms with Crippen LogP contribution >= 0.6 is 0 Å². The topological polar surface area (TPSA) is 42.7 Å². The largest absolute Gasteiger partial charge is 0.374 e. The van der Waals surface area contributed by atoms with Crippen LogP contribution in [0.15, 0.2) is 30.7 Å². The molecule has 4 nitrogen and oxygen atoms in total. The summed E-state index contributed by atoms with van der Waals surface area (Å²) in [6.07, 6.45) is 7.92. The Labute approximate surface area is 94.3 Å². The van der Waals surface area contributed by atoms with Crippen molar-refractivity contribution in [1.29, 1.82) is 0 Å². The van der Waals surface area contributed by atoms with Crippen LogP contribution in [0, 0.1) is 0 Å². The molecule has 2 aromatic heterocycles. The minimum atomic E-state index is 0.334. The molecule has 1 unspecified atom stereocenters. The van der Waals surface area contributed by atoms with Gasteiger partial charge in [-0.15, -0.1) is 0 Å². The molecule has 1 atom stereocenters. The van der Waals surface area contributed by atoms with E-state index >= 15 is 0 Å². The normalized spacial score (nSPS) is 18.4. The second-order valence-electron chi connectivity index (χ2n) is 4.19. The smallest absolute Gasteiger partial charge is 0.0731 e. The minimum absolute atomic E-state index is 0.334. The molecular weight excluding hydrogens is 200 g/mol. The van der Waals surface area contributed by atoms with Gasteiger partial charge in [-0.2, -0.15) is 5.10 Å². The number of aromatic nitrogens is 3. The fourth-order valence-electron chi connectivity index (χ4n) is 2.25. The van der Waals surface area contributed by atoms with Gasteiger partial charge in [-0.25, -0.2) is 0 Å². The summed E-state index contributed by atoms with van der Waals surface area (Å²) >= 11 is 0. The molecule has 0 spiro atoms. The molecular formula is C12H14N4. The molecule has 2 aromatic rings. The van der Waals surface area contributed by atoms with Gasteiger partial charge in [0.05, 0.1) is 23.6 Å². The van der Waals surface area contributed by atoms with Crippen LogP contribution in [0.5, 0.6) is 0 Å². The number of hydrogen-bond donors (Lipinski definition) is 1. The Hall–Kier alpha value is -1.84. The molecule has 0 aliphatic heterocycles. The number of nitrogens with zero attached hydrogens (tertiary/aromatic N) is 3. The van der Waals surface area contributed by atoms with E-state index in [1.54, 1.807) is 4.68 Å². The second kappa shape index (κ2) is 3.63. The van der Waals surface area contributed by atoms with Crippen molar-refractivity contribution < 1.29 is 0 Å². The number of aryl methyl sites for hydroxylation is 2. The Bertz CT molecular complexity index is 503. The Morgan fingerprint density at radius 3 is 3.25 bits per heavy atom. The highest BCUT2D eigenvalue weighted by Crippen LogP contribution is 2.31. The zero-order chi connectivity index (χ0) is 11.0. The molecule has 0 fully saturated rings. The fourth-order valence-corrected chi connectivity index (χ4v) is 2.25. The maximum Gasteiger partial charge on any atom is 0.0731 e. The van der Waals surface area contributed by atoms with E-state index < -0.39 is 0 Å². The van der Waals surface area contributed by atoms with Crippen LogP contribution in [0.25, 0.3) is 0 Å². The quantitative estimate of drug-likeness (QED) is 0.830. The van der Waals surface area contributed by atoms with Gasteiger partial charge < -0.3 is 5.32 Å². The molecule has 0 saturated carbocycles. The molecule has 0 bridgehead atoms. The van der Waals surface area contributed by atoms with Crippen LogP contribution in [-0.4, -0.2) is 14.8 Å². The molecule has 16 heavy (non-hydrogen) atoms. The summed E-state index contributed by atoms with van der Waals surface area (Å²) in [7, 11) is 1.92. The van der Waals surface area contributed by atoms with E-state index in [1.165, 1.54) is 11.3 Å². The van der Waals surface area contributed by atoms with E-state index in [4.69, 9.17) is 0 Å². The molecule has 2 heterocycles. The van der Waals surface area contributed by atoms with E-state index in [0.29, 0.717) is 6.04 Å². The predicted octanol–water partition coefficient (Wildman–Crippen LogP) is 1.91. The average Bonchev–Trinajstić information content (AvgIpc) is 2.87. The lowest BCUT2D eigenvalue weighted by Crippen LogP contribution is -2.07. The highest BCUT2D eigenvalue weighted by atomic mass is 15.3. The van der Waals surface area contributed by atoms with Crippen molar-refractivity contribution in [2.75, 3.05) is 5.32 Å². The lowest BCUT2D eigenvalue weighted by Gasteiger charge is -2.12. The molecule has 1 aliphatic rings. The van der Waals surface area contributed by atoms with Gasteiger partial charge >= 0.3 is 0 Å². The summed E-state index contributed by atoms with van der Waals surface area (Å²) in [6, 6.07) is 4.50. The molecule has 1 N–H and O–H groups in total. The maximum absolute atomic E-state index is 4.45. The van der Waals surface area contributed by atoms with Crippen molar-refractivity contribution in [2.45, 2.75) is 18.9 Å². The molecule has 0 saturated heterocycles. The SMILES string of the molecule is Cn1cc(NC2CCc3cccnc32)cn1. The molecule has 0 aromatic carbocycles. The monoisotopic (exact) mass is 214 g/mol. The van der Waals surface area contributed by atoms with Gasteiger partial charge in [0.1, 0.15) is 0 Å². The highest BCUT2D eigenvalue weighted by molar-refractivity contribution is 5.43. The summed E-state index contributed by atoms with van der Waals surface area (Å²) in [6.45, 7) is 0. The van der Waals surface area contributed by atoms with Crippen LogP contribution in [0.3, 0.4) is 0 Å². The Kier molecular flexibility index (Phi) is 2.13. The van der Waals surface area contributed by atoms with Crippen molar-refractivity contribution in [2.24, 2.45) is 7.05 Å². The van der Waals surface area contributed by atoms with Crippen molar-refractivity contribution in [3.63, 3.8) is 0 Å². The highest BCUT2D eigenvalue weighted by Gasteiger charge is 2.23. The second-order valence-corrected chi connectivity index (χ2v) is 4.19. The average molecular weight is 214 g/mol. The van der Waals surface area contributed by atoms with E-state index in [-0.39, 0.29) is 0 Å². The molecule has 0 radical (unpaired) electrons. The fraction of sp³-hybridized carbons (Fsp3) is 0.333. The van der Waals surface area contributed by atoms with Crippen LogP contribution in [0.4, 0.5) is 5.69 Å². The number of hydrogen-bond acceptors (Lipinski definition) is 3. The van der Waals surface area contributed by atoms with Crippen molar-refractivity contribution in [1.82, 2.24) is 14.8 Å². The summed E-state index contributed by atoms with van der Waals surface area (Å²) in [5.74, 6) is 0. The van der Waals surface area contributed by atoms with E-state index in [9.17, 15) is 0 Å². The third-order valence-electron chi connectivity index (χ3n) is 3.00. The first-order chi connectivity index (χ1) is 7.83. The Morgan fingerprint density at radius 1 is 1.50 bits per heavy atom. The van der Waals surface area contributed by atoms with E-state index in [1.807, 2.05) is 31.7 Å². The zero-order valence-corrected chi connectivity index (χ0v) is 9.22. The zero-order valence-electron chi connectivity index (χ0n) is 9.22. The predicted molar refractivity (Wildman–Crippen MR) is 62.1 cm³/mol. The van der Waals surface area contributed by atoms with E-state index in [0.717, 1.165) is 18.5 Å². The van der Waals surface area contributed by atoms with Crippen LogP contribution < -0.4 is 5.32 Å². The van der Waals surface area contributed by atoms with Crippen molar-refractivity contribution in [3.8, 4) is 0 Å². The van der Waals surface area contributed by atoms with Gasteiger partial charge in [0.15, 0.2) is 0 Å². The number of rotatable bonds is 2. The molecule has 82 valence electrons. The third kappa shape index (κ3) is 1.56. The number of anilines is 1. The summed E-state index contributed by atoms with van der Waals surface area (Å²) in [4.78, 5) is 4.45. The van der Waals surface area contributed by atoms with Gasteiger partial charge in [0, 0.05) is 19.4 Å². The van der Waals surface area contributed by atoms with Crippen LogP contribution in [0.1, 0.15) is 23.7 Å².